The summed E-state index contributed by atoms with van der Waals surface area (Å²) in [5.41, 5.74) is 0.218. The molecule has 0 fully saturated rings. The zero-order chi connectivity index (χ0) is 19.3. The largest absolute Gasteiger partial charge is 0.493 e. The van der Waals surface area contributed by atoms with Crippen molar-refractivity contribution in [1.82, 2.24) is 0 Å². The molecule has 0 saturated carbocycles. The summed E-state index contributed by atoms with van der Waals surface area (Å²) < 4.78 is 39.4. The third-order valence-electron chi connectivity index (χ3n) is 3.00. The number of rotatable bonds is 7. The number of benzene rings is 2. The maximum atomic E-state index is 12.4. The van der Waals surface area contributed by atoms with Crippen molar-refractivity contribution in [3.8, 4) is 17.2 Å². The predicted molar refractivity (Wildman–Crippen MR) is 95.2 cm³/mol. The standard InChI is InChI=1S/C16H12Cl3F2NO4/c1-24-12-3-2-8(4-14(12)26-16(20)21)22-15(23)7-25-13-6-10(18)9(17)5-11(13)19/h2-6,16H,7H2,1H3,(H,22,23). The lowest BCUT2D eigenvalue weighted by Crippen LogP contribution is -2.20. The van der Waals surface area contributed by atoms with Crippen molar-refractivity contribution in [2.24, 2.45) is 0 Å². The fourth-order valence-electron chi connectivity index (χ4n) is 1.90. The van der Waals surface area contributed by atoms with Crippen LogP contribution in [0.4, 0.5) is 14.5 Å². The summed E-state index contributed by atoms with van der Waals surface area (Å²) in [7, 11) is 1.31. The lowest BCUT2D eigenvalue weighted by molar-refractivity contribution is -0.118. The van der Waals surface area contributed by atoms with Gasteiger partial charge in [-0.05, 0) is 18.2 Å². The quantitative estimate of drug-likeness (QED) is 0.613. The van der Waals surface area contributed by atoms with Gasteiger partial charge < -0.3 is 19.5 Å². The van der Waals surface area contributed by atoms with E-state index in [4.69, 9.17) is 44.3 Å². The molecule has 2 aromatic carbocycles. The SMILES string of the molecule is COc1ccc(NC(=O)COc2cc(Cl)c(Cl)cc2Cl)cc1OC(F)F. The molecule has 2 aromatic rings. The van der Waals surface area contributed by atoms with Crippen molar-refractivity contribution in [2.45, 2.75) is 6.61 Å². The molecule has 0 radical (unpaired) electrons. The van der Waals surface area contributed by atoms with Crippen LogP contribution < -0.4 is 19.5 Å². The van der Waals surface area contributed by atoms with Gasteiger partial charge in [0.2, 0.25) is 0 Å². The molecule has 0 atom stereocenters. The Morgan fingerprint density at radius 3 is 2.38 bits per heavy atom. The van der Waals surface area contributed by atoms with Gasteiger partial charge in [-0.3, -0.25) is 4.79 Å². The second-order valence-electron chi connectivity index (χ2n) is 4.78. The number of nitrogens with one attached hydrogen (secondary N) is 1. The lowest BCUT2D eigenvalue weighted by atomic mass is 10.2. The fraction of sp³-hybridized carbons (Fsp3) is 0.188. The number of hydrogen-bond acceptors (Lipinski definition) is 4. The number of ether oxygens (including phenoxy) is 3. The van der Waals surface area contributed by atoms with Crippen LogP contribution in [0, 0.1) is 0 Å². The highest BCUT2D eigenvalue weighted by atomic mass is 35.5. The summed E-state index contributed by atoms with van der Waals surface area (Å²) in [6.07, 6.45) is 0. The van der Waals surface area contributed by atoms with Crippen LogP contribution in [0.3, 0.4) is 0 Å². The van der Waals surface area contributed by atoms with Gasteiger partial charge in [0.15, 0.2) is 18.1 Å². The van der Waals surface area contributed by atoms with E-state index in [1.807, 2.05) is 0 Å². The minimum Gasteiger partial charge on any atom is -0.493 e. The number of halogens is 5. The Labute approximate surface area is 162 Å². The van der Waals surface area contributed by atoms with Crippen molar-refractivity contribution in [1.29, 1.82) is 0 Å². The molecule has 26 heavy (non-hydrogen) atoms. The van der Waals surface area contributed by atoms with E-state index >= 15 is 0 Å². The molecule has 0 spiro atoms. The Hall–Kier alpha value is -1.96. The van der Waals surface area contributed by atoms with E-state index in [2.05, 4.69) is 10.1 Å². The summed E-state index contributed by atoms with van der Waals surface area (Å²) in [4.78, 5) is 12.0. The number of amides is 1. The number of methoxy groups -OCH3 is 1. The van der Waals surface area contributed by atoms with E-state index < -0.39 is 19.1 Å². The molecule has 0 saturated heterocycles. The zero-order valence-electron chi connectivity index (χ0n) is 13.2. The fourth-order valence-corrected chi connectivity index (χ4v) is 2.49. The number of anilines is 1. The third kappa shape index (κ3) is 5.52. The average Bonchev–Trinajstić information content (AvgIpc) is 2.56. The van der Waals surface area contributed by atoms with Gasteiger partial charge in [-0.2, -0.15) is 8.78 Å². The predicted octanol–water partition coefficient (Wildman–Crippen LogP) is 5.27. The van der Waals surface area contributed by atoms with E-state index in [1.165, 1.54) is 37.4 Å². The van der Waals surface area contributed by atoms with E-state index in [-0.39, 0.29) is 38.0 Å². The molecule has 0 unspecified atom stereocenters. The molecule has 140 valence electrons. The Kier molecular flexibility index (Phi) is 7.14. The Balaban J connectivity index is 2.02. The number of alkyl halides is 2. The normalized spacial score (nSPS) is 10.6. The first-order valence-corrected chi connectivity index (χ1v) is 8.13. The van der Waals surface area contributed by atoms with Gasteiger partial charge in [0.25, 0.3) is 5.91 Å². The average molecular weight is 427 g/mol. The molecule has 10 heteroatoms. The second-order valence-corrected chi connectivity index (χ2v) is 6.00. The minimum atomic E-state index is -3.03. The first-order chi connectivity index (χ1) is 12.3. The van der Waals surface area contributed by atoms with Crippen molar-refractivity contribution in [3.63, 3.8) is 0 Å². The van der Waals surface area contributed by atoms with Gasteiger partial charge in [0.1, 0.15) is 5.75 Å². The molecule has 2 rings (SSSR count). The van der Waals surface area contributed by atoms with Crippen LogP contribution in [0.2, 0.25) is 15.1 Å². The Bertz CT molecular complexity index is 805. The molecule has 0 aliphatic carbocycles. The number of carbonyl (C=O) groups is 1. The molecule has 0 bridgehead atoms. The highest BCUT2D eigenvalue weighted by molar-refractivity contribution is 6.43. The molecule has 0 aromatic heterocycles. The third-order valence-corrected chi connectivity index (χ3v) is 4.01. The van der Waals surface area contributed by atoms with Crippen LogP contribution in [0.25, 0.3) is 0 Å². The van der Waals surface area contributed by atoms with Crippen LogP contribution in [0.5, 0.6) is 17.2 Å². The van der Waals surface area contributed by atoms with Crippen molar-refractivity contribution in [3.05, 3.63) is 45.4 Å². The molecule has 5 nitrogen and oxygen atoms in total. The van der Waals surface area contributed by atoms with Crippen LogP contribution >= 0.6 is 34.8 Å². The van der Waals surface area contributed by atoms with E-state index in [0.717, 1.165) is 0 Å². The number of hydrogen-bond donors (Lipinski definition) is 1. The zero-order valence-corrected chi connectivity index (χ0v) is 15.5. The van der Waals surface area contributed by atoms with Crippen LogP contribution in [-0.4, -0.2) is 26.2 Å². The summed E-state index contributed by atoms with van der Waals surface area (Å²) in [5.74, 6) is -0.496. The Morgan fingerprint density at radius 2 is 1.73 bits per heavy atom. The van der Waals surface area contributed by atoms with Crippen molar-refractivity contribution >= 4 is 46.4 Å². The topological polar surface area (TPSA) is 56.8 Å². The van der Waals surface area contributed by atoms with Gasteiger partial charge in [-0.15, -0.1) is 0 Å². The second kappa shape index (κ2) is 9.12. The van der Waals surface area contributed by atoms with Crippen LogP contribution in [0.1, 0.15) is 0 Å². The van der Waals surface area contributed by atoms with E-state index in [1.54, 1.807) is 0 Å². The lowest BCUT2D eigenvalue weighted by Gasteiger charge is -2.13. The Morgan fingerprint density at radius 1 is 1.04 bits per heavy atom. The number of carbonyl (C=O) groups excluding carboxylic acids is 1. The van der Waals surface area contributed by atoms with Gasteiger partial charge in [-0.25, -0.2) is 0 Å². The molecule has 0 aliphatic heterocycles. The summed E-state index contributed by atoms with van der Waals surface area (Å²) in [6.45, 7) is -3.43. The monoisotopic (exact) mass is 425 g/mol. The first-order valence-electron chi connectivity index (χ1n) is 7.00. The maximum Gasteiger partial charge on any atom is 0.387 e. The molecular formula is C16H12Cl3F2NO4. The highest BCUT2D eigenvalue weighted by Gasteiger charge is 2.13. The van der Waals surface area contributed by atoms with Gasteiger partial charge in [0, 0.05) is 17.8 Å². The van der Waals surface area contributed by atoms with Crippen LogP contribution in [-0.2, 0) is 4.79 Å². The summed E-state index contributed by atoms with van der Waals surface area (Å²) in [5, 5.41) is 3.13. The van der Waals surface area contributed by atoms with Crippen molar-refractivity contribution < 1.29 is 27.8 Å². The summed E-state index contributed by atoms with van der Waals surface area (Å²) >= 11 is 17.6. The van der Waals surface area contributed by atoms with Gasteiger partial charge in [-0.1, -0.05) is 34.8 Å². The molecule has 0 heterocycles. The van der Waals surface area contributed by atoms with Gasteiger partial charge >= 0.3 is 6.61 Å². The van der Waals surface area contributed by atoms with Crippen LogP contribution in [0.15, 0.2) is 30.3 Å². The highest BCUT2D eigenvalue weighted by Crippen LogP contribution is 2.34. The van der Waals surface area contributed by atoms with E-state index in [9.17, 15) is 13.6 Å². The summed E-state index contributed by atoms with van der Waals surface area (Å²) in [6, 6.07) is 6.80. The van der Waals surface area contributed by atoms with E-state index in [0.29, 0.717) is 0 Å². The molecule has 1 N–H and O–H groups in total. The molecule has 1 amide bonds. The minimum absolute atomic E-state index is 0.0992. The maximum absolute atomic E-state index is 12.4. The smallest absolute Gasteiger partial charge is 0.387 e. The van der Waals surface area contributed by atoms with Crippen molar-refractivity contribution in [2.75, 3.05) is 19.0 Å². The molecular weight excluding hydrogens is 415 g/mol. The molecule has 0 aliphatic rings. The van der Waals surface area contributed by atoms with Gasteiger partial charge in [0.05, 0.1) is 22.2 Å². The first kappa shape index (κ1) is 20.4.